The zero-order valence-corrected chi connectivity index (χ0v) is 12.1. The molecular formula is C12H21NO8. The van der Waals surface area contributed by atoms with Gasteiger partial charge in [0, 0.05) is 5.92 Å². The van der Waals surface area contributed by atoms with Crippen molar-refractivity contribution in [1.82, 2.24) is 0 Å². The van der Waals surface area contributed by atoms with Gasteiger partial charge in [-0.1, -0.05) is 20.8 Å². The topological polar surface area (TPSA) is 132 Å². The quantitative estimate of drug-likeness (QED) is 0.337. The molecule has 2 heterocycles. The summed E-state index contributed by atoms with van der Waals surface area (Å²) in [5.74, 6) is -3.50. The third kappa shape index (κ3) is 2.38. The largest absolute Gasteiger partial charge is 0.388 e. The van der Waals surface area contributed by atoms with Gasteiger partial charge in [-0.3, -0.25) is 4.84 Å². The monoisotopic (exact) mass is 307 g/mol. The second-order valence-electron chi connectivity index (χ2n) is 6.07. The molecule has 122 valence electrons. The van der Waals surface area contributed by atoms with Gasteiger partial charge in [0.15, 0.2) is 5.60 Å². The zero-order valence-electron chi connectivity index (χ0n) is 12.1. The summed E-state index contributed by atoms with van der Waals surface area (Å²) in [7, 11) is 0. The Morgan fingerprint density at radius 2 is 2.05 bits per heavy atom. The van der Waals surface area contributed by atoms with E-state index in [4.69, 9.17) is 9.47 Å². The molecule has 2 saturated heterocycles. The van der Waals surface area contributed by atoms with Crippen LogP contribution in [0.2, 0.25) is 0 Å². The number of fused-ring (bicyclic) bond motifs is 1. The molecular weight excluding hydrogens is 286 g/mol. The number of aliphatic hydroxyl groups is 3. The first kappa shape index (κ1) is 16.4. The zero-order chi connectivity index (χ0) is 16.0. The molecule has 0 amide bonds. The Morgan fingerprint density at radius 3 is 2.57 bits per heavy atom. The Hall–Kier alpha value is -1.00. The lowest BCUT2D eigenvalue weighted by Gasteiger charge is -2.45. The number of hydrogen-bond acceptors (Lipinski definition) is 8. The van der Waals surface area contributed by atoms with Gasteiger partial charge in [-0.25, -0.2) is 0 Å². The first-order valence-corrected chi connectivity index (χ1v) is 6.83. The van der Waals surface area contributed by atoms with Crippen molar-refractivity contribution in [3.05, 3.63) is 10.1 Å². The van der Waals surface area contributed by atoms with Crippen molar-refractivity contribution in [3.8, 4) is 0 Å². The van der Waals surface area contributed by atoms with E-state index in [1.807, 2.05) is 0 Å². The maximum atomic E-state index is 10.8. The van der Waals surface area contributed by atoms with Crippen molar-refractivity contribution in [1.29, 1.82) is 0 Å². The van der Waals surface area contributed by atoms with Crippen molar-refractivity contribution >= 4 is 0 Å². The number of rotatable bonds is 5. The van der Waals surface area contributed by atoms with Gasteiger partial charge in [0.1, 0.15) is 18.3 Å². The van der Waals surface area contributed by atoms with Crippen LogP contribution in [0.3, 0.4) is 0 Å². The van der Waals surface area contributed by atoms with Crippen LogP contribution in [-0.4, -0.2) is 63.3 Å². The number of nitrogens with zero attached hydrogens (tertiary/aromatic N) is 1. The molecule has 2 aliphatic rings. The third-order valence-corrected chi connectivity index (χ3v) is 4.54. The van der Waals surface area contributed by atoms with Crippen molar-refractivity contribution in [2.75, 3.05) is 13.2 Å². The highest BCUT2D eigenvalue weighted by molar-refractivity contribution is 5.11. The summed E-state index contributed by atoms with van der Waals surface area (Å²) in [4.78, 5) is 15.3. The van der Waals surface area contributed by atoms with Gasteiger partial charge in [-0.05, 0) is 5.92 Å². The van der Waals surface area contributed by atoms with E-state index in [2.05, 4.69) is 4.84 Å². The molecule has 0 aromatic carbocycles. The lowest BCUT2D eigenvalue weighted by molar-refractivity contribution is -0.806. The fourth-order valence-electron chi connectivity index (χ4n) is 2.94. The molecule has 9 nitrogen and oxygen atoms in total. The molecule has 0 aliphatic carbocycles. The molecule has 2 rings (SSSR count). The van der Waals surface area contributed by atoms with E-state index in [9.17, 15) is 25.4 Å². The lowest BCUT2D eigenvalue weighted by Crippen LogP contribution is -2.67. The van der Waals surface area contributed by atoms with E-state index in [0.29, 0.717) is 0 Å². The molecule has 0 aromatic rings. The molecule has 6 atom stereocenters. The van der Waals surface area contributed by atoms with Gasteiger partial charge < -0.3 is 24.8 Å². The van der Waals surface area contributed by atoms with Crippen LogP contribution in [0.5, 0.6) is 0 Å². The summed E-state index contributed by atoms with van der Waals surface area (Å²) in [6.07, 6.45) is -2.91. The second kappa shape index (κ2) is 5.33. The van der Waals surface area contributed by atoms with E-state index in [1.54, 1.807) is 13.8 Å². The van der Waals surface area contributed by atoms with Gasteiger partial charge in [-0.2, -0.15) is 0 Å². The summed E-state index contributed by atoms with van der Waals surface area (Å²) in [5.41, 5.74) is -2.15. The normalized spacial score (nSPS) is 39.9. The van der Waals surface area contributed by atoms with Gasteiger partial charge in [-0.15, -0.1) is 10.1 Å². The molecule has 2 aliphatic heterocycles. The summed E-state index contributed by atoms with van der Waals surface area (Å²) in [6, 6.07) is 0. The van der Waals surface area contributed by atoms with Crippen LogP contribution in [0.15, 0.2) is 0 Å². The summed E-state index contributed by atoms with van der Waals surface area (Å²) < 4.78 is 10.5. The average Bonchev–Trinajstić information content (AvgIpc) is 2.91. The molecule has 2 fully saturated rings. The molecule has 0 saturated carbocycles. The van der Waals surface area contributed by atoms with Crippen LogP contribution < -0.4 is 0 Å². The van der Waals surface area contributed by atoms with E-state index < -0.39 is 47.3 Å². The molecule has 2 unspecified atom stereocenters. The summed E-state index contributed by atoms with van der Waals surface area (Å²) >= 11 is 0. The minimum atomic E-state index is -2.51. The van der Waals surface area contributed by atoms with E-state index in [-0.39, 0.29) is 12.5 Å². The van der Waals surface area contributed by atoms with Crippen LogP contribution in [0, 0.1) is 22.0 Å². The summed E-state index contributed by atoms with van der Waals surface area (Å²) in [6.45, 7) is 4.49. The molecule has 3 N–H and O–H groups in total. The first-order chi connectivity index (χ1) is 9.63. The Kier molecular flexibility index (Phi) is 4.15. The predicted octanol–water partition coefficient (Wildman–Crippen LogP) is -0.935. The molecule has 21 heavy (non-hydrogen) atoms. The standard InChI is InChI=1S/C12H21NO8/c1-6(2)7(3)12(16,21-13(17)18)11(15)5-20-9-8(14)4-19-10(9)11/h6-10,14-16H,4-5H2,1-3H3/t7?,8-,9+,10-,11-,12?/m0/s1. The number of aliphatic hydroxyl groups excluding tert-OH is 1. The van der Waals surface area contributed by atoms with Crippen LogP contribution in [0.25, 0.3) is 0 Å². The van der Waals surface area contributed by atoms with Gasteiger partial charge in [0.25, 0.3) is 10.9 Å². The van der Waals surface area contributed by atoms with Crippen LogP contribution >= 0.6 is 0 Å². The fourth-order valence-corrected chi connectivity index (χ4v) is 2.94. The lowest BCUT2D eigenvalue weighted by atomic mass is 9.76. The minimum absolute atomic E-state index is 0.0811. The average molecular weight is 307 g/mol. The maximum Gasteiger partial charge on any atom is 0.297 e. The minimum Gasteiger partial charge on any atom is -0.388 e. The van der Waals surface area contributed by atoms with Gasteiger partial charge >= 0.3 is 0 Å². The predicted molar refractivity (Wildman–Crippen MR) is 67.5 cm³/mol. The molecule has 0 spiro atoms. The van der Waals surface area contributed by atoms with Gasteiger partial charge in [0.2, 0.25) is 0 Å². The highest BCUT2D eigenvalue weighted by Crippen LogP contribution is 2.45. The highest BCUT2D eigenvalue weighted by atomic mass is 17.0. The van der Waals surface area contributed by atoms with Crippen LogP contribution in [-0.2, 0) is 14.3 Å². The maximum absolute atomic E-state index is 10.8. The van der Waals surface area contributed by atoms with E-state index >= 15 is 0 Å². The van der Waals surface area contributed by atoms with Crippen LogP contribution in [0.1, 0.15) is 20.8 Å². The van der Waals surface area contributed by atoms with E-state index in [1.165, 1.54) is 6.92 Å². The van der Waals surface area contributed by atoms with E-state index in [0.717, 1.165) is 0 Å². The Morgan fingerprint density at radius 1 is 1.43 bits per heavy atom. The summed E-state index contributed by atoms with van der Waals surface area (Å²) in [5, 5.41) is 40.9. The number of ether oxygens (including phenoxy) is 2. The molecule has 9 heteroatoms. The molecule has 0 aromatic heterocycles. The van der Waals surface area contributed by atoms with Crippen molar-refractivity contribution < 1.29 is 34.7 Å². The molecule has 0 radical (unpaired) electrons. The number of hydrogen-bond donors (Lipinski definition) is 3. The Bertz CT molecular complexity index is 418. The SMILES string of the molecule is CC(C)C(C)C(O)(O[N+](=O)[O-])[C@]1(O)CO[C@@H]2[C@@H](O)CO[C@@H]21. The molecule has 0 bridgehead atoms. The Balaban J connectivity index is 2.38. The highest BCUT2D eigenvalue weighted by Gasteiger charge is 2.69. The van der Waals surface area contributed by atoms with Gasteiger partial charge in [0.05, 0.1) is 13.2 Å². The smallest absolute Gasteiger partial charge is 0.297 e. The first-order valence-electron chi connectivity index (χ1n) is 6.83. The van der Waals surface area contributed by atoms with Crippen LogP contribution in [0.4, 0.5) is 0 Å². The van der Waals surface area contributed by atoms with Crippen molar-refractivity contribution in [2.24, 2.45) is 11.8 Å². The second-order valence-corrected chi connectivity index (χ2v) is 6.07. The third-order valence-electron chi connectivity index (χ3n) is 4.54. The van der Waals surface area contributed by atoms with Crippen molar-refractivity contribution in [2.45, 2.75) is 50.5 Å². The fraction of sp³-hybridized carbons (Fsp3) is 1.00. The van der Waals surface area contributed by atoms with Crippen molar-refractivity contribution in [3.63, 3.8) is 0 Å². The Labute approximate surface area is 121 Å².